The number of para-hydroxylation sites is 1. The molecule has 2 nitrogen and oxygen atoms in total. The molecule has 0 N–H and O–H groups in total. The number of hydrogen-bond acceptors (Lipinski definition) is 3. The molecule has 9 aromatic carbocycles. The molecule has 0 atom stereocenters. The molecule has 0 unspecified atom stereocenters. The number of furan rings is 1. The molecular weight excluding hydrogens is 711 g/mol. The molecule has 0 bridgehead atoms. The summed E-state index contributed by atoms with van der Waals surface area (Å²) in [5.41, 5.74) is 14.5. The normalized spacial score (nSPS) is 11.5. The van der Waals surface area contributed by atoms with Gasteiger partial charge in [-0.15, -0.1) is 11.3 Å². The first-order valence-corrected chi connectivity index (χ1v) is 20.1. The number of nitrogens with zero attached hydrogens (tertiary/aromatic N) is 1. The average Bonchev–Trinajstić information content (AvgIpc) is 3.86. The molecule has 0 amide bonds. The second-order valence-corrected chi connectivity index (χ2v) is 15.5. The van der Waals surface area contributed by atoms with Crippen LogP contribution >= 0.6 is 11.3 Å². The number of benzene rings is 9. The first kappa shape index (κ1) is 33.2. The van der Waals surface area contributed by atoms with Gasteiger partial charge < -0.3 is 9.32 Å². The maximum absolute atomic E-state index is 6.40. The first-order chi connectivity index (χ1) is 28.2. The molecule has 0 aliphatic heterocycles. The Hall–Kier alpha value is -7.20. The van der Waals surface area contributed by atoms with Gasteiger partial charge in [-0.1, -0.05) is 152 Å². The zero-order chi connectivity index (χ0) is 37.7. The van der Waals surface area contributed by atoms with Crippen LogP contribution in [-0.2, 0) is 0 Å². The summed E-state index contributed by atoms with van der Waals surface area (Å²) in [6, 6.07) is 76.5. The van der Waals surface area contributed by atoms with Gasteiger partial charge in [0.25, 0.3) is 0 Å². The molecule has 3 heteroatoms. The van der Waals surface area contributed by atoms with Crippen molar-refractivity contribution in [2.45, 2.75) is 0 Å². The van der Waals surface area contributed by atoms with Crippen molar-refractivity contribution in [3.63, 3.8) is 0 Å². The molecule has 0 saturated heterocycles. The molecular formula is C54H35NOS. The molecule has 2 heterocycles. The lowest BCUT2D eigenvalue weighted by atomic mass is 9.94. The third kappa shape index (κ3) is 5.88. The van der Waals surface area contributed by atoms with E-state index >= 15 is 0 Å². The Morgan fingerprint density at radius 1 is 0.333 bits per heavy atom. The molecule has 11 aromatic rings. The van der Waals surface area contributed by atoms with Crippen LogP contribution in [0.25, 0.3) is 86.6 Å². The second kappa shape index (κ2) is 13.8. The second-order valence-electron chi connectivity index (χ2n) is 14.5. The Bertz CT molecular complexity index is 3230. The fourth-order valence-corrected chi connectivity index (χ4v) is 9.55. The van der Waals surface area contributed by atoms with Crippen molar-refractivity contribution in [1.29, 1.82) is 0 Å². The Morgan fingerprint density at radius 2 is 0.912 bits per heavy atom. The van der Waals surface area contributed by atoms with Gasteiger partial charge in [-0.2, -0.15) is 0 Å². The highest BCUT2D eigenvalue weighted by molar-refractivity contribution is 7.26. The minimum atomic E-state index is 0.888. The average molecular weight is 746 g/mol. The fraction of sp³-hybridized carbons (Fsp3) is 0. The summed E-state index contributed by atoms with van der Waals surface area (Å²) in [6.07, 6.45) is 0. The van der Waals surface area contributed by atoms with Crippen molar-refractivity contribution in [3.05, 3.63) is 212 Å². The summed E-state index contributed by atoms with van der Waals surface area (Å²) in [7, 11) is 0. The van der Waals surface area contributed by atoms with E-state index in [-0.39, 0.29) is 0 Å². The van der Waals surface area contributed by atoms with Crippen LogP contribution in [0.5, 0.6) is 0 Å². The molecule has 0 radical (unpaired) electrons. The zero-order valence-electron chi connectivity index (χ0n) is 31.0. The SMILES string of the molecule is c1ccc(-c2cc(-c3ccc4c(c3)oc3ccccc34)cc(N(c3ccc(-c4ccccc4-c4ccccc4)cc3)c3cccc4c3sc3ccccc34)c2)cc1. The highest BCUT2D eigenvalue weighted by Gasteiger charge is 2.21. The molecule has 268 valence electrons. The lowest BCUT2D eigenvalue weighted by Crippen LogP contribution is -2.10. The van der Waals surface area contributed by atoms with Crippen molar-refractivity contribution in [2.24, 2.45) is 0 Å². The van der Waals surface area contributed by atoms with Crippen molar-refractivity contribution >= 4 is 70.5 Å². The van der Waals surface area contributed by atoms with Gasteiger partial charge >= 0.3 is 0 Å². The minimum Gasteiger partial charge on any atom is -0.456 e. The van der Waals surface area contributed by atoms with Gasteiger partial charge in [0.1, 0.15) is 11.2 Å². The van der Waals surface area contributed by atoms with Gasteiger partial charge in [0.2, 0.25) is 0 Å². The van der Waals surface area contributed by atoms with E-state index in [0.29, 0.717) is 0 Å². The number of thiophene rings is 1. The maximum Gasteiger partial charge on any atom is 0.136 e. The van der Waals surface area contributed by atoms with E-state index in [0.717, 1.165) is 55.7 Å². The Balaban J connectivity index is 1.13. The van der Waals surface area contributed by atoms with Gasteiger partial charge in [0.15, 0.2) is 0 Å². The lowest BCUT2D eigenvalue weighted by molar-refractivity contribution is 0.669. The van der Waals surface area contributed by atoms with E-state index in [1.807, 2.05) is 23.5 Å². The third-order valence-electron chi connectivity index (χ3n) is 11.1. The van der Waals surface area contributed by atoms with Crippen molar-refractivity contribution in [1.82, 2.24) is 0 Å². The Morgan fingerprint density at radius 3 is 1.68 bits per heavy atom. The molecule has 57 heavy (non-hydrogen) atoms. The Kier molecular flexibility index (Phi) is 8.04. The fourth-order valence-electron chi connectivity index (χ4n) is 8.34. The monoisotopic (exact) mass is 745 g/mol. The lowest BCUT2D eigenvalue weighted by Gasteiger charge is -2.27. The van der Waals surface area contributed by atoms with E-state index in [1.165, 1.54) is 48.0 Å². The van der Waals surface area contributed by atoms with Gasteiger partial charge in [0.05, 0.1) is 10.4 Å². The summed E-state index contributed by atoms with van der Waals surface area (Å²) in [5, 5.41) is 4.81. The van der Waals surface area contributed by atoms with Crippen molar-refractivity contribution in [3.8, 4) is 44.5 Å². The smallest absolute Gasteiger partial charge is 0.136 e. The van der Waals surface area contributed by atoms with Crippen LogP contribution in [0.3, 0.4) is 0 Å². The standard InChI is InChI=1S/C54H35NOS/c1-3-14-36(15-4-1)40-32-41(39-28-31-47-46-20-9-11-24-51(46)56-52(47)35-39)34-43(33-40)55(50-23-13-22-49-48-21-10-12-25-53(48)57-54(49)50)42-29-26-38(27-30-42)45-19-8-7-18-44(45)37-16-5-2-6-17-37/h1-35H. The van der Waals surface area contributed by atoms with E-state index in [2.05, 4.69) is 205 Å². The number of anilines is 3. The number of hydrogen-bond donors (Lipinski definition) is 0. The van der Waals surface area contributed by atoms with Gasteiger partial charge in [-0.3, -0.25) is 0 Å². The molecule has 0 saturated carbocycles. The largest absolute Gasteiger partial charge is 0.456 e. The summed E-state index contributed by atoms with van der Waals surface area (Å²) < 4.78 is 8.94. The van der Waals surface area contributed by atoms with Crippen LogP contribution in [0, 0.1) is 0 Å². The van der Waals surface area contributed by atoms with Crippen molar-refractivity contribution < 1.29 is 4.42 Å². The third-order valence-corrected chi connectivity index (χ3v) is 12.3. The minimum absolute atomic E-state index is 0.888. The van der Waals surface area contributed by atoms with Crippen LogP contribution in [0.15, 0.2) is 217 Å². The topological polar surface area (TPSA) is 16.4 Å². The van der Waals surface area contributed by atoms with Crippen LogP contribution < -0.4 is 4.90 Å². The molecule has 0 fully saturated rings. The molecule has 0 aliphatic rings. The van der Waals surface area contributed by atoms with E-state index in [4.69, 9.17) is 4.42 Å². The van der Waals surface area contributed by atoms with E-state index in [9.17, 15) is 0 Å². The van der Waals surface area contributed by atoms with Gasteiger partial charge in [0, 0.05) is 37.6 Å². The molecule has 11 rings (SSSR count). The molecule has 0 aliphatic carbocycles. The number of rotatable bonds is 7. The van der Waals surface area contributed by atoms with Gasteiger partial charge in [-0.25, -0.2) is 0 Å². The highest BCUT2D eigenvalue weighted by Crippen LogP contribution is 2.47. The zero-order valence-corrected chi connectivity index (χ0v) is 31.8. The van der Waals surface area contributed by atoms with E-state index in [1.54, 1.807) is 0 Å². The predicted octanol–water partition coefficient (Wildman–Crippen LogP) is 16.1. The predicted molar refractivity (Wildman–Crippen MR) is 243 cm³/mol. The summed E-state index contributed by atoms with van der Waals surface area (Å²) in [5.74, 6) is 0. The summed E-state index contributed by atoms with van der Waals surface area (Å²) in [4.78, 5) is 2.44. The first-order valence-electron chi connectivity index (χ1n) is 19.3. The maximum atomic E-state index is 6.40. The highest BCUT2D eigenvalue weighted by atomic mass is 32.1. The Labute approximate surface area is 335 Å². The summed E-state index contributed by atoms with van der Waals surface area (Å²) in [6.45, 7) is 0. The van der Waals surface area contributed by atoms with Crippen LogP contribution in [0.2, 0.25) is 0 Å². The van der Waals surface area contributed by atoms with Crippen LogP contribution in [-0.4, -0.2) is 0 Å². The molecule has 0 spiro atoms. The van der Waals surface area contributed by atoms with Crippen molar-refractivity contribution in [2.75, 3.05) is 4.90 Å². The molecule has 2 aromatic heterocycles. The number of fused-ring (bicyclic) bond motifs is 6. The van der Waals surface area contributed by atoms with Gasteiger partial charge in [-0.05, 0) is 105 Å². The quantitative estimate of drug-likeness (QED) is 0.162. The van der Waals surface area contributed by atoms with Crippen LogP contribution in [0.4, 0.5) is 17.1 Å². The van der Waals surface area contributed by atoms with Crippen LogP contribution in [0.1, 0.15) is 0 Å². The van der Waals surface area contributed by atoms with E-state index < -0.39 is 0 Å². The summed E-state index contributed by atoms with van der Waals surface area (Å²) >= 11 is 1.86.